The van der Waals surface area contributed by atoms with E-state index in [0.29, 0.717) is 28.7 Å². The van der Waals surface area contributed by atoms with E-state index >= 15 is 0 Å². The number of para-hydroxylation sites is 2. The minimum absolute atomic E-state index is 0.280. The molecule has 2 aliphatic heterocycles. The summed E-state index contributed by atoms with van der Waals surface area (Å²) in [5, 5.41) is -0.0298. The highest BCUT2D eigenvalue weighted by atomic mass is 35.5. The Bertz CT molecular complexity index is 1310. The second-order valence-corrected chi connectivity index (χ2v) is 13.8. The van der Waals surface area contributed by atoms with Crippen molar-refractivity contribution in [2.45, 2.75) is 136 Å². The SMILES string of the molecule is CCC(CC)c1cccc(C(CC)CC)c1N1C=CN(c2c(C(CC)CC)cccc2C(CC)CC)C1=C1C(Cl)=[C]N=C(Cl)C1Cl. The average Bonchev–Trinajstić information content (AvgIpc) is 3.49. The summed E-state index contributed by atoms with van der Waals surface area (Å²) < 4.78 is 0. The van der Waals surface area contributed by atoms with Crippen molar-refractivity contribution in [1.29, 1.82) is 0 Å². The molecule has 1 radical (unpaired) electrons. The highest BCUT2D eigenvalue weighted by Gasteiger charge is 2.38. The van der Waals surface area contributed by atoms with E-state index in [2.05, 4.69) is 125 Å². The van der Waals surface area contributed by atoms with Crippen LogP contribution in [0.1, 0.15) is 153 Å². The van der Waals surface area contributed by atoms with E-state index in [1.165, 1.54) is 33.6 Å². The van der Waals surface area contributed by atoms with Gasteiger partial charge in [-0.1, -0.05) is 115 Å². The van der Waals surface area contributed by atoms with Gasteiger partial charge in [0, 0.05) is 18.0 Å². The lowest BCUT2D eigenvalue weighted by Crippen LogP contribution is -2.32. The number of rotatable bonds is 14. The first-order valence-corrected chi connectivity index (χ1v) is 18.9. The molecule has 2 aromatic rings. The maximum atomic E-state index is 7.19. The van der Waals surface area contributed by atoms with Gasteiger partial charge in [-0.05, 0) is 97.3 Å². The summed E-state index contributed by atoms with van der Waals surface area (Å²) in [7, 11) is 0. The fourth-order valence-corrected chi connectivity index (χ4v) is 8.32. The second-order valence-electron chi connectivity index (χ2n) is 12.6. The molecule has 0 spiro atoms. The van der Waals surface area contributed by atoms with Crippen LogP contribution in [0.5, 0.6) is 0 Å². The van der Waals surface area contributed by atoms with Gasteiger partial charge >= 0.3 is 0 Å². The van der Waals surface area contributed by atoms with Gasteiger partial charge in [0.15, 0.2) is 0 Å². The van der Waals surface area contributed by atoms with Crippen molar-refractivity contribution < 1.29 is 0 Å². The van der Waals surface area contributed by atoms with Crippen LogP contribution in [-0.2, 0) is 0 Å². The highest BCUT2D eigenvalue weighted by Crippen LogP contribution is 2.49. The molecule has 2 aliphatic rings. The Kier molecular flexibility index (Phi) is 13.3. The largest absolute Gasteiger partial charge is 0.301 e. The summed E-state index contributed by atoms with van der Waals surface area (Å²) in [5.41, 5.74) is 8.65. The molecule has 1 atom stereocenters. The lowest BCUT2D eigenvalue weighted by molar-refractivity contribution is 0.621. The Balaban J connectivity index is 2.15. The minimum atomic E-state index is -0.705. The first kappa shape index (κ1) is 36.6. The number of benzene rings is 2. The highest BCUT2D eigenvalue weighted by molar-refractivity contribution is 6.72. The molecule has 6 heteroatoms. The van der Waals surface area contributed by atoms with Crippen molar-refractivity contribution in [2.75, 3.05) is 9.80 Å². The van der Waals surface area contributed by atoms with Crippen molar-refractivity contribution >= 4 is 51.3 Å². The van der Waals surface area contributed by atoms with Crippen molar-refractivity contribution in [3.63, 3.8) is 0 Å². The van der Waals surface area contributed by atoms with Crippen molar-refractivity contribution in [1.82, 2.24) is 0 Å². The average molecular weight is 682 g/mol. The van der Waals surface area contributed by atoms with E-state index in [4.69, 9.17) is 34.8 Å². The maximum Gasteiger partial charge on any atom is 0.129 e. The zero-order valence-corrected chi connectivity index (χ0v) is 31.4. The summed E-state index contributed by atoms with van der Waals surface area (Å²) in [4.78, 5) is 8.97. The smallest absolute Gasteiger partial charge is 0.129 e. The molecule has 2 aromatic carbocycles. The van der Waals surface area contributed by atoms with Gasteiger partial charge in [-0.15, -0.1) is 11.6 Å². The topological polar surface area (TPSA) is 18.8 Å². The molecule has 2 heterocycles. The summed E-state index contributed by atoms with van der Waals surface area (Å²) in [6.07, 6.45) is 15.9. The number of halogens is 3. The molecular weight excluding hydrogens is 629 g/mol. The number of nitrogens with zero attached hydrogens (tertiary/aromatic N) is 3. The predicted molar refractivity (Wildman–Crippen MR) is 203 cm³/mol. The van der Waals surface area contributed by atoms with Crippen LogP contribution < -0.4 is 9.80 Å². The van der Waals surface area contributed by atoms with Gasteiger partial charge in [0.25, 0.3) is 0 Å². The Morgan fingerprint density at radius 1 is 0.609 bits per heavy atom. The van der Waals surface area contributed by atoms with Gasteiger partial charge in [0.2, 0.25) is 0 Å². The Labute approximate surface area is 294 Å². The molecule has 0 aliphatic carbocycles. The second kappa shape index (κ2) is 16.8. The fraction of sp³-hybridized carbons (Fsp3) is 0.525. The number of alkyl halides is 1. The summed E-state index contributed by atoms with van der Waals surface area (Å²) in [6, 6.07) is 13.8. The Morgan fingerprint density at radius 3 is 1.24 bits per heavy atom. The van der Waals surface area contributed by atoms with Crippen LogP contribution in [0.25, 0.3) is 0 Å². The summed E-state index contributed by atoms with van der Waals surface area (Å²) >= 11 is 21.0. The van der Waals surface area contributed by atoms with Gasteiger partial charge in [0.05, 0.1) is 16.4 Å². The van der Waals surface area contributed by atoms with Crippen LogP contribution in [0.4, 0.5) is 11.4 Å². The lowest BCUT2D eigenvalue weighted by atomic mass is 9.84. The van der Waals surface area contributed by atoms with E-state index in [1.807, 2.05) is 0 Å². The molecule has 4 rings (SSSR count). The lowest BCUT2D eigenvalue weighted by Gasteiger charge is -2.37. The van der Waals surface area contributed by atoms with E-state index < -0.39 is 5.38 Å². The van der Waals surface area contributed by atoms with Gasteiger partial charge < -0.3 is 9.80 Å². The van der Waals surface area contributed by atoms with E-state index in [-0.39, 0.29) is 5.17 Å². The molecule has 0 bridgehead atoms. The normalized spacial score (nSPS) is 17.0. The van der Waals surface area contributed by atoms with Crippen molar-refractivity contribution in [3.8, 4) is 0 Å². The third kappa shape index (κ3) is 6.99. The van der Waals surface area contributed by atoms with Crippen molar-refractivity contribution in [2.24, 2.45) is 4.99 Å². The van der Waals surface area contributed by atoms with Crippen LogP contribution >= 0.6 is 34.8 Å². The van der Waals surface area contributed by atoms with Crippen LogP contribution in [0.3, 0.4) is 0 Å². The minimum Gasteiger partial charge on any atom is -0.301 e. The number of hydrogen-bond donors (Lipinski definition) is 0. The molecule has 0 amide bonds. The first-order chi connectivity index (χ1) is 22.3. The van der Waals surface area contributed by atoms with Crippen LogP contribution in [0, 0.1) is 6.20 Å². The molecule has 46 heavy (non-hydrogen) atoms. The van der Waals surface area contributed by atoms with E-state index in [9.17, 15) is 0 Å². The monoisotopic (exact) mass is 680 g/mol. The number of anilines is 2. The van der Waals surface area contributed by atoms with Crippen LogP contribution in [0.15, 0.2) is 70.2 Å². The molecular formula is C40H53Cl3N3. The quantitative estimate of drug-likeness (QED) is 0.185. The Morgan fingerprint density at radius 2 is 0.935 bits per heavy atom. The standard InChI is InChI=1S/C40H53Cl3N3/c1-9-26(10-2)30-19-17-20-31(27(11-3)12-4)37(30)45-23-24-46(40(45)35-34(41)25-44-39(43)36(35)42)38-32(28(13-5)14-6)21-18-22-33(38)29(15-7)16-8/h17-24,26-29,36H,9-16H2,1-8H3. The van der Waals surface area contributed by atoms with Gasteiger partial charge in [0.1, 0.15) is 22.6 Å². The van der Waals surface area contributed by atoms with Crippen LogP contribution in [-0.4, -0.2) is 10.5 Å². The third-order valence-corrected chi connectivity index (χ3v) is 11.5. The van der Waals surface area contributed by atoms with Crippen LogP contribution in [0.2, 0.25) is 0 Å². The molecule has 3 nitrogen and oxygen atoms in total. The van der Waals surface area contributed by atoms with Gasteiger partial charge in [-0.2, -0.15) is 0 Å². The van der Waals surface area contributed by atoms with Gasteiger partial charge in [-0.3, -0.25) is 0 Å². The van der Waals surface area contributed by atoms with Crippen molar-refractivity contribution in [3.05, 3.63) is 93.7 Å². The van der Waals surface area contributed by atoms with E-state index in [1.54, 1.807) is 0 Å². The fourth-order valence-electron chi connectivity index (χ4n) is 7.62. The molecule has 0 N–H and O–H groups in total. The molecule has 0 saturated heterocycles. The molecule has 249 valence electrons. The number of aliphatic imine (C=N–C) groups is 1. The molecule has 0 aromatic heterocycles. The summed E-state index contributed by atoms with van der Waals surface area (Å²) in [6.45, 7) is 18.3. The number of hydrogen-bond acceptors (Lipinski definition) is 3. The molecule has 0 saturated carbocycles. The number of allylic oxidation sites excluding steroid dienone is 2. The Hall–Kier alpha value is -2.20. The summed E-state index contributed by atoms with van der Waals surface area (Å²) in [5.74, 6) is 2.57. The van der Waals surface area contributed by atoms with E-state index in [0.717, 1.165) is 62.8 Å². The van der Waals surface area contributed by atoms with Gasteiger partial charge in [-0.25, -0.2) is 4.99 Å². The third-order valence-electron chi connectivity index (χ3n) is 10.4. The molecule has 0 fully saturated rings. The predicted octanol–water partition coefficient (Wildman–Crippen LogP) is 13.5. The zero-order chi connectivity index (χ0) is 33.5. The molecule has 1 unspecified atom stereocenters. The first-order valence-electron chi connectivity index (χ1n) is 17.7. The zero-order valence-electron chi connectivity index (χ0n) is 29.1. The maximum absolute atomic E-state index is 7.19.